The van der Waals surface area contributed by atoms with Crippen LogP contribution in [0.2, 0.25) is 10.6 Å². The van der Waals surface area contributed by atoms with E-state index in [9.17, 15) is 88.0 Å². The van der Waals surface area contributed by atoms with E-state index < -0.39 is 180 Å². The summed E-state index contributed by atoms with van der Waals surface area (Å²) in [5.41, 5.74) is -4.30. The van der Waals surface area contributed by atoms with Crippen molar-refractivity contribution in [3.05, 3.63) is 120 Å². The molecule has 0 spiro atoms. The van der Waals surface area contributed by atoms with Crippen LogP contribution in [0, 0.1) is 0 Å². The van der Waals surface area contributed by atoms with Crippen molar-refractivity contribution in [2.45, 2.75) is 29.4 Å². The third-order valence-corrected chi connectivity index (χ3v) is 16.7. The highest BCUT2D eigenvalue weighted by molar-refractivity contribution is 7.87. The van der Waals surface area contributed by atoms with Gasteiger partial charge in [-0.3, -0.25) is 0 Å². The van der Waals surface area contributed by atoms with Crippen molar-refractivity contribution in [2.24, 2.45) is 20.5 Å². The molecule has 0 aliphatic heterocycles. The number of rotatable bonds is 18. The molecule has 0 atom stereocenters. The predicted octanol–water partition coefficient (Wildman–Crippen LogP) is 6.31. The Morgan fingerprint density at radius 3 is 1.00 bits per heavy atom. The average molecular weight is 1330 g/mol. The van der Waals surface area contributed by atoms with Crippen LogP contribution in [0.4, 0.5) is 69.3 Å². The number of nitrogens with zero attached hydrogens (tertiary/aromatic N) is 10. The van der Waals surface area contributed by atoms with Gasteiger partial charge in [0, 0.05) is 22.1 Å². The fraction of sp³-hybridized carbons (Fsp3) is 0. The first-order chi connectivity index (χ1) is 40.0. The van der Waals surface area contributed by atoms with Crippen LogP contribution >= 0.6 is 23.2 Å². The van der Waals surface area contributed by atoms with Gasteiger partial charge in [-0.05, 0) is 119 Å². The lowest BCUT2D eigenvalue weighted by molar-refractivity contribution is 0.457. The van der Waals surface area contributed by atoms with Crippen LogP contribution in [0.5, 0.6) is 11.5 Å². The maximum absolute atomic E-state index is 12.5. The molecule has 2 aromatic heterocycles. The van der Waals surface area contributed by atoms with Crippen molar-refractivity contribution in [1.29, 1.82) is 0 Å². The molecule has 0 unspecified atom stereocenters. The number of benzene rings is 7. The van der Waals surface area contributed by atoms with Crippen molar-refractivity contribution in [3.63, 3.8) is 0 Å². The molecule has 9 rings (SSSR count). The molecule has 0 saturated carbocycles. The van der Waals surface area contributed by atoms with Gasteiger partial charge in [-0.1, -0.05) is 24.3 Å². The van der Waals surface area contributed by atoms with E-state index in [4.69, 9.17) is 23.2 Å². The lowest BCUT2D eigenvalue weighted by Crippen LogP contribution is -2.07. The number of nitrogens with one attached hydrogen (secondary N) is 4. The van der Waals surface area contributed by atoms with Gasteiger partial charge in [0.05, 0.1) is 40.7 Å². The normalized spacial score (nSPS) is 12.7. The van der Waals surface area contributed by atoms with Crippen LogP contribution in [0.3, 0.4) is 0 Å². The van der Waals surface area contributed by atoms with Crippen LogP contribution in [0.25, 0.3) is 21.5 Å². The van der Waals surface area contributed by atoms with E-state index in [1.165, 1.54) is 36.4 Å². The molecule has 7 aromatic carbocycles. The third kappa shape index (κ3) is 13.8. The molecule has 0 aliphatic rings. The molecule has 0 bridgehead atoms. The number of fused-ring (bicyclic) bond motifs is 2. The largest absolute Gasteiger partial charge is 0.744 e. The Labute approximate surface area is 492 Å². The minimum Gasteiger partial charge on any atom is -0.744 e. The fourth-order valence-corrected chi connectivity index (χ4v) is 11.6. The number of halogens is 2. The maximum atomic E-state index is 12.5. The Hall–Kier alpha value is -8.88. The van der Waals surface area contributed by atoms with Gasteiger partial charge in [0.1, 0.15) is 83.5 Å². The molecule has 0 amide bonds. The fourth-order valence-electron chi connectivity index (χ4n) is 7.75. The number of azo groups is 2. The zero-order valence-electron chi connectivity index (χ0n) is 41.3. The van der Waals surface area contributed by atoms with Crippen LogP contribution in [0.15, 0.2) is 159 Å². The summed E-state index contributed by atoms with van der Waals surface area (Å²) < 4.78 is 220. The van der Waals surface area contributed by atoms with Crippen molar-refractivity contribution in [1.82, 2.24) is 29.9 Å². The molecule has 0 saturated heterocycles. The van der Waals surface area contributed by atoms with E-state index in [0.717, 1.165) is 36.4 Å². The molecule has 42 heteroatoms. The lowest BCUT2D eigenvalue weighted by atomic mass is 10.1. The molecule has 0 fully saturated rings. The maximum Gasteiger partial charge on any atom is 0.233 e. The summed E-state index contributed by atoms with van der Waals surface area (Å²) in [5.74, 6) is -4.21. The monoisotopic (exact) mass is 1330 g/mol. The van der Waals surface area contributed by atoms with Crippen LogP contribution < -0.4 is 21.3 Å². The van der Waals surface area contributed by atoms with E-state index in [0.29, 0.717) is 36.4 Å². The molecule has 2 heterocycles. The van der Waals surface area contributed by atoms with Crippen LogP contribution in [0.1, 0.15) is 0 Å². The Balaban J connectivity index is 1.01. The Morgan fingerprint density at radius 1 is 0.372 bits per heavy atom. The molecule has 6 N–H and O–H groups in total. The van der Waals surface area contributed by atoms with E-state index in [1.54, 1.807) is 0 Å². The van der Waals surface area contributed by atoms with Crippen LogP contribution in [-0.2, 0) is 60.7 Å². The zero-order chi connectivity index (χ0) is 62.6. The van der Waals surface area contributed by atoms with Crippen LogP contribution in [-0.4, -0.2) is 118 Å². The first-order valence-electron chi connectivity index (χ1n) is 22.5. The third-order valence-electron chi connectivity index (χ3n) is 11.3. The molecule has 9 aromatic rings. The second-order valence-corrected chi connectivity index (χ2v) is 25.8. The van der Waals surface area contributed by atoms with E-state index in [2.05, 4.69) is 71.6 Å². The SMILES string of the molecule is O=S(=O)([O-])c1cc(Nc2nc(Cl)nc(Nc3ccc(Nc4nc(Cl)nc(Nc5cc(S(=O)(=O)[O-])cc6cc(S(=O)(=O)[O-])c(N=Nc7ccccc7S(=O)(=O)[O-])c(O)c56)n4)cc3)n2)c2c(O)c(N=Nc3ccccc3S(=O)(=O)[O-])c(S(=O)(=O)[O-])cc2c1. The van der Waals surface area contributed by atoms with Gasteiger partial charge in [0.2, 0.25) is 34.4 Å². The highest BCUT2D eigenvalue weighted by Crippen LogP contribution is 2.48. The first kappa shape index (κ1) is 61.7. The highest BCUT2D eigenvalue weighted by Gasteiger charge is 2.25. The second-order valence-electron chi connectivity index (χ2n) is 16.9. The predicted molar refractivity (Wildman–Crippen MR) is 289 cm³/mol. The standard InChI is InChI=1S/C44H30Cl2N14O20S6/c45-39-51-41(55-43(53-39)49-27-17-23(81(63,64)65)13-19-15-31(85(75,76)77)35(37(61)33(19)27)59-57-25-5-1-3-7-29(25)83(69,70)71)47-21-9-11-22(12-10-21)48-42-52-40(46)54-44(56-42)50-28-18-24(82(66,67)68)14-20-16-32(86(78,79)80)36(38(62)34(20)28)60-58-26-6-2-4-8-30(26)84(72,73)74/h1-18,61-62H,(H,63,64,65)(H,66,67,68)(H,69,70,71)(H,72,73,74)(H,75,76,77)(H,78,79,80)(H2,47,49,51,53,55)(H2,48,50,52,54,56)/p-6. The van der Waals surface area contributed by atoms with Gasteiger partial charge in [0.25, 0.3) is 0 Å². The van der Waals surface area contributed by atoms with Gasteiger partial charge in [-0.15, -0.1) is 20.5 Å². The van der Waals surface area contributed by atoms with E-state index in [-0.39, 0.29) is 23.3 Å². The summed E-state index contributed by atoms with van der Waals surface area (Å²) in [5, 5.41) is 44.6. The topological polar surface area (TPSA) is 559 Å². The molecule has 0 radical (unpaired) electrons. The summed E-state index contributed by atoms with van der Waals surface area (Å²) in [7, 11) is -32.5. The van der Waals surface area contributed by atoms with Crippen molar-refractivity contribution < 1.29 is 88.0 Å². The minimum absolute atomic E-state index is 0.196. The number of hydrogen-bond donors (Lipinski definition) is 6. The molecular formula is C44H24Cl2N14O20S6-6. The summed E-state index contributed by atoms with van der Waals surface area (Å²) in [6.45, 7) is 0. The summed E-state index contributed by atoms with van der Waals surface area (Å²) in [6, 6.07) is 17.6. The van der Waals surface area contributed by atoms with Crippen molar-refractivity contribution >= 4 is 175 Å². The molecule has 34 nitrogen and oxygen atoms in total. The number of aromatic hydroxyl groups is 2. The zero-order valence-corrected chi connectivity index (χ0v) is 47.7. The highest BCUT2D eigenvalue weighted by atomic mass is 35.5. The van der Waals surface area contributed by atoms with Gasteiger partial charge >= 0.3 is 0 Å². The van der Waals surface area contributed by atoms with Gasteiger partial charge in [0.15, 0.2) is 11.5 Å². The summed E-state index contributed by atoms with van der Waals surface area (Å²) in [6.07, 6.45) is 0. The Kier molecular flexibility index (Phi) is 16.4. The average Bonchev–Trinajstić information content (AvgIpc) is 0.856. The Morgan fingerprint density at radius 2 is 0.686 bits per heavy atom. The number of aromatic nitrogens is 6. The molecule has 86 heavy (non-hydrogen) atoms. The van der Waals surface area contributed by atoms with Crippen molar-refractivity contribution in [3.8, 4) is 11.5 Å². The Bertz CT molecular complexity index is 4820. The summed E-state index contributed by atoms with van der Waals surface area (Å²) >= 11 is 12.4. The number of anilines is 8. The number of phenolic OH excluding ortho intramolecular Hbond substituents is 2. The molecular weight excluding hydrogens is 1310 g/mol. The lowest BCUT2D eigenvalue weighted by Gasteiger charge is -2.18. The molecule has 446 valence electrons. The van der Waals surface area contributed by atoms with Gasteiger partial charge < -0.3 is 58.8 Å². The van der Waals surface area contributed by atoms with Crippen molar-refractivity contribution in [2.75, 3.05) is 21.3 Å². The number of phenols is 2. The minimum atomic E-state index is -5.66. The second kappa shape index (κ2) is 22.8. The summed E-state index contributed by atoms with van der Waals surface area (Å²) in [4.78, 5) is 17.5. The smallest absolute Gasteiger partial charge is 0.233 e. The molecule has 0 aliphatic carbocycles. The quantitative estimate of drug-likeness (QED) is 0.0404. The van der Waals surface area contributed by atoms with E-state index >= 15 is 0 Å². The van der Waals surface area contributed by atoms with Gasteiger partial charge in [-0.2, -0.15) is 29.9 Å². The first-order valence-corrected chi connectivity index (χ1v) is 31.7. The van der Waals surface area contributed by atoms with Gasteiger partial charge in [-0.25, -0.2) is 50.5 Å². The van der Waals surface area contributed by atoms with E-state index in [1.807, 2.05) is 0 Å². The number of hydrogen-bond acceptors (Lipinski definition) is 34.